The van der Waals surface area contributed by atoms with Crippen molar-refractivity contribution in [1.82, 2.24) is 4.98 Å². The third kappa shape index (κ3) is 2.13. The van der Waals surface area contributed by atoms with E-state index in [9.17, 15) is 8.78 Å². The molecule has 1 aromatic heterocycles. The Morgan fingerprint density at radius 1 is 1.17 bits per heavy atom. The van der Waals surface area contributed by atoms with Crippen molar-refractivity contribution >= 4 is 5.82 Å². The molecule has 0 fully saturated rings. The Morgan fingerprint density at radius 3 is 2.61 bits per heavy atom. The number of nitrogen functional groups attached to an aromatic ring is 1. The predicted octanol–water partition coefficient (Wildman–Crippen LogP) is 2.68. The lowest BCUT2D eigenvalue weighted by Gasteiger charge is -2.07. The van der Waals surface area contributed by atoms with E-state index in [0.29, 0.717) is 11.3 Å². The van der Waals surface area contributed by atoms with Crippen molar-refractivity contribution in [3.8, 4) is 17.2 Å². The molecule has 3 nitrogen and oxygen atoms in total. The van der Waals surface area contributed by atoms with Gasteiger partial charge in [0.2, 0.25) is 0 Å². The van der Waals surface area contributed by atoms with Gasteiger partial charge in [-0.15, -0.1) is 0 Å². The minimum absolute atomic E-state index is 0.0588. The first-order valence-corrected chi connectivity index (χ1v) is 5.20. The van der Waals surface area contributed by atoms with Gasteiger partial charge in [0.15, 0.2) is 11.6 Å². The van der Waals surface area contributed by atoms with Crippen LogP contribution in [-0.2, 0) is 6.42 Å². The molecule has 1 heterocycles. The van der Waals surface area contributed by atoms with Crippen LogP contribution in [0, 0.1) is 23.0 Å². The Balaban J connectivity index is 2.52. The summed E-state index contributed by atoms with van der Waals surface area (Å²) in [5.41, 5.74) is 6.56. The van der Waals surface area contributed by atoms with Gasteiger partial charge in [-0.1, -0.05) is 12.1 Å². The van der Waals surface area contributed by atoms with E-state index in [4.69, 9.17) is 11.0 Å². The summed E-state index contributed by atoms with van der Waals surface area (Å²) in [6.07, 6.45) is 0.121. The molecule has 2 N–H and O–H groups in total. The zero-order chi connectivity index (χ0) is 13.1. The Morgan fingerprint density at radius 2 is 1.94 bits per heavy atom. The second kappa shape index (κ2) is 4.80. The fraction of sp³-hybridized carbons (Fsp3) is 0.0769. The number of benzene rings is 1. The second-order valence-electron chi connectivity index (χ2n) is 3.67. The fourth-order valence-electron chi connectivity index (χ4n) is 1.64. The zero-order valence-electron chi connectivity index (χ0n) is 9.32. The highest BCUT2D eigenvalue weighted by Gasteiger charge is 2.13. The van der Waals surface area contributed by atoms with E-state index in [2.05, 4.69) is 4.98 Å². The van der Waals surface area contributed by atoms with E-state index in [-0.39, 0.29) is 17.8 Å². The van der Waals surface area contributed by atoms with Gasteiger partial charge in [0, 0.05) is 11.1 Å². The molecule has 5 heteroatoms. The third-order valence-electron chi connectivity index (χ3n) is 2.48. The van der Waals surface area contributed by atoms with Crippen molar-refractivity contribution < 1.29 is 8.78 Å². The lowest BCUT2D eigenvalue weighted by Crippen LogP contribution is -1.99. The molecule has 0 spiro atoms. The van der Waals surface area contributed by atoms with Gasteiger partial charge in [-0.25, -0.2) is 13.8 Å². The molecule has 2 aromatic rings. The van der Waals surface area contributed by atoms with Gasteiger partial charge in [-0.3, -0.25) is 0 Å². The van der Waals surface area contributed by atoms with Gasteiger partial charge < -0.3 is 5.73 Å². The van der Waals surface area contributed by atoms with Crippen LogP contribution >= 0.6 is 0 Å². The highest BCUT2D eigenvalue weighted by molar-refractivity contribution is 5.74. The first-order chi connectivity index (χ1) is 8.63. The molecule has 0 atom stereocenters. The van der Waals surface area contributed by atoms with Crippen LogP contribution in [0.1, 0.15) is 5.69 Å². The van der Waals surface area contributed by atoms with Crippen LogP contribution in [0.15, 0.2) is 30.3 Å². The molecule has 0 radical (unpaired) electrons. The Bertz CT molecular complexity index is 633. The number of pyridine rings is 1. The van der Waals surface area contributed by atoms with Crippen molar-refractivity contribution in [3.05, 3.63) is 47.7 Å². The number of nitrogens with two attached hydrogens (primary N) is 1. The van der Waals surface area contributed by atoms with Crippen molar-refractivity contribution in [1.29, 1.82) is 5.26 Å². The van der Waals surface area contributed by atoms with Gasteiger partial charge in [0.1, 0.15) is 5.82 Å². The molecule has 0 saturated heterocycles. The topological polar surface area (TPSA) is 62.7 Å². The van der Waals surface area contributed by atoms with Crippen LogP contribution in [-0.4, -0.2) is 4.98 Å². The van der Waals surface area contributed by atoms with E-state index in [1.54, 1.807) is 6.07 Å². The lowest BCUT2D eigenvalue weighted by molar-refractivity contribution is 0.511. The van der Waals surface area contributed by atoms with Crippen molar-refractivity contribution in [2.24, 2.45) is 0 Å². The molecule has 90 valence electrons. The third-order valence-corrected chi connectivity index (χ3v) is 2.48. The van der Waals surface area contributed by atoms with E-state index in [1.807, 2.05) is 6.07 Å². The van der Waals surface area contributed by atoms with E-state index < -0.39 is 11.6 Å². The quantitative estimate of drug-likeness (QED) is 0.884. The Labute approximate surface area is 103 Å². The SMILES string of the molecule is N#CCc1ccc(-c2cccc(F)c2F)c(N)n1. The van der Waals surface area contributed by atoms with Gasteiger partial charge >= 0.3 is 0 Å². The summed E-state index contributed by atoms with van der Waals surface area (Å²) in [7, 11) is 0. The maximum atomic E-state index is 13.6. The molecule has 0 bridgehead atoms. The van der Waals surface area contributed by atoms with Crippen molar-refractivity contribution in [2.45, 2.75) is 6.42 Å². The monoisotopic (exact) mass is 245 g/mol. The number of nitrogens with zero attached hydrogens (tertiary/aromatic N) is 2. The Hall–Kier alpha value is -2.48. The highest BCUT2D eigenvalue weighted by Crippen LogP contribution is 2.28. The summed E-state index contributed by atoms with van der Waals surface area (Å²) in [4.78, 5) is 3.98. The van der Waals surface area contributed by atoms with Gasteiger partial charge in [0.05, 0.1) is 18.2 Å². The van der Waals surface area contributed by atoms with Gasteiger partial charge in [-0.05, 0) is 18.2 Å². The largest absolute Gasteiger partial charge is 0.383 e. The standard InChI is InChI=1S/C13H9F2N3/c14-11-3-1-2-9(12(11)15)10-5-4-8(6-7-16)18-13(10)17/h1-5H,6H2,(H2,17,18). The van der Waals surface area contributed by atoms with E-state index >= 15 is 0 Å². The summed E-state index contributed by atoms with van der Waals surface area (Å²) in [5.74, 6) is -1.82. The first kappa shape index (κ1) is 12.0. The summed E-state index contributed by atoms with van der Waals surface area (Å²) < 4.78 is 26.7. The average Bonchev–Trinajstić information content (AvgIpc) is 2.34. The van der Waals surface area contributed by atoms with Crippen LogP contribution < -0.4 is 5.73 Å². The van der Waals surface area contributed by atoms with Crippen LogP contribution in [0.25, 0.3) is 11.1 Å². The van der Waals surface area contributed by atoms with Gasteiger partial charge in [-0.2, -0.15) is 5.26 Å². The molecule has 0 aliphatic rings. The first-order valence-electron chi connectivity index (χ1n) is 5.20. The lowest BCUT2D eigenvalue weighted by atomic mass is 10.0. The number of nitriles is 1. The zero-order valence-corrected chi connectivity index (χ0v) is 9.32. The molecule has 0 unspecified atom stereocenters. The maximum Gasteiger partial charge on any atom is 0.166 e. The predicted molar refractivity (Wildman–Crippen MR) is 63.3 cm³/mol. The van der Waals surface area contributed by atoms with Crippen molar-refractivity contribution in [2.75, 3.05) is 5.73 Å². The number of hydrogen-bond donors (Lipinski definition) is 1. The average molecular weight is 245 g/mol. The number of halogens is 2. The number of rotatable bonds is 2. The molecule has 2 rings (SSSR count). The van der Waals surface area contributed by atoms with E-state index in [0.717, 1.165) is 6.07 Å². The maximum absolute atomic E-state index is 13.6. The fourth-order valence-corrected chi connectivity index (χ4v) is 1.64. The molecule has 18 heavy (non-hydrogen) atoms. The number of aromatic nitrogens is 1. The summed E-state index contributed by atoms with van der Waals surface area (Å²) in [5, 5.41) is 8.54. The molecular weight excluding hydrogens is 236 g/mol. The second-order valence-corrected chi connectivity index (χ2v) is 3.67. The molecule has 1 aromatic carbocycles. The smallest absolute Gasteiger partial charge is 0.166 e. The molecule has 0 aliphatic carbocycles. The van der Waals surface area contributed by atoms with E-state index in [1.165, 1.54) is 18.2 Å². The minimum atomic E-state index is -0.959. The summed E-state index contributed by atoms with van der Waals surface area (Å²) in [6.45, 7) is 0. The van der Waals surface area contributed by atoms with Crippen LogP contribution in [0.5, 0.6) is 0 Å². The van der Waals surface area contributed by atoms with Crippen LogP contribution in [0.3, 0.4) is 0 Å². The van der Waals surface area contributed by atoms with Crippen molar-refractivity contribution in [3.63, 3.8) is 0 Å². The number of hydrogen-bond acceptors (Lipinski definition) is 3. The van der Waals surface area contributed by atoms with Crippen LogP contribution in [0.2, 0.25) is 0 Å². The van der Waals surface area contributed by atoms with Crippen LogP contribution in [0.4, 0.5) is 14.6 Å². The molecule has 0 aliphatic heterocycles. The highest BCUT2D eigenvalue weighted by atomic mass is 19.2. The normalized spacial score (nSPS) is 10.1. The Kier molecular flexibility index (Phi) is 3.20. The molecule has 0 saturated carbocycles. The molecular formula is C13H9F2N3. The summed E-state index contributed by atoms with van der Waals surface area (Å²) >= 11 is 0. The summed E-state index contributed by atoms with van der Waals surface area (Å²) in [6, 6.07) is 8.90. The minimum Gasteiger partial charge on any atom is -0.383 e. The molecule has 0 amide bonds. The number of anilines is 1. The van der Waals surface area contributed by atoms with Gasteiger partial charge in [0.25, 0.3) is 0 Å².